The lowest BCUT2D eigenvalue weighted by Crippen LogP contribution is -2.29. The Bertz CT molecular complexity index is 1240. The zero-order valence-electron chi connectivity index (χ0n) is 18.7. The molecule has 8 heteroatoms. The molecule has 0 aliphatic rings. The second kappa shape index (κ2) is 10.3. The van der Waals surface area contributed by atoms with Gasteiger partial charge in [0, 0.05) is 11.3 Å². The van der Waals surface area contributed by atoms with Gasteiger partial charge in [0.15, 0.2) is 12.4 Å². The predicted octanol–water partition coefficient (Wildman–Crippen LogP) is 4.18. The van der Waals surface area contributed by atoms with Crippen LogP contribution in [0.3, 0.4) is 0 Å². The van der Waals surface area contributed by atoms with Crippen LogP contribution in [-0.4, -0.2) is 33.0 Å². The fourth-order valence-electron chi connectivity index (χ4n) is 3.13. The summed E-state index contributed by atoms with van der Waals surface area (Å²) in [4.78, 5) is 23.7. The maximum atomic E-state index is 12.4. The zero-order chi connectivity index (χ0) is 24.0. The molecule has 3 aromatic carbocycles. The molecule has 1 amide bonds. The number of nitrogens with one attached hydrogen (secondary N) is 1. The maximum Gasteiger partial charge on any atom is 0.262 e. The Morgan fingerprint density at radius 2 is 1.64 bits per heavy atom. The number of benzene rings is 3. The van der Waals surface area contributed by atoms with Crippen molar-refractivity contribution in [1.82, 2.24) is 0 Å². The van der Waals surface area contributed by atoms with Gasteiger partial charge in [0.2, 0.25) is 10.0 Å². The fraction of sp³-hybridized carbons (Fsp3) is 0.200. The van der Waals surface area contributed by atoms with Crippen molar-refractivity contribution in [1.29, 1.82) is 0 Å². The molecule has 0 unspecified atom stereocenters. The summed E-state index contributed by atoms with van der Waals surface area (Å²) >= 11 is 0. The molecule has 3 aromatic rings. The van der Waals surface area contributed by atoms with Crippen LogP contribution in [0.25, 0.3) is 0 Å². The number of ketones is 1. The highest BCUT2D eigenvalue weighted by Crippen LogP contribution is 2.24. The molecule has 0 bridgehead atoms. The molecule has 0 heterocycles. The van der Waals surface area contributed by atoms with Crippen molar-refractivity contribution in [3.63, 3.8) is 0 Å². The molecule has 0 saturated heterocycles. The number of hydrogen-bond acceptors (Lipinski definition) is 5. The molecular weight excluding hydrogens is 440 g/mol. The van der Waals surface area contributed by atoms with E-state index in [-0.39, 0.29) is 24.8 Å². The Balaban J connectivity index is 1.63. The Morgan fingerprint density at radius 1 is 0.970 bits per heavy atom. The standard InChI is InChI=1S/C25H26N2O5S/c1-18-7-9-20(10-8-18)16-27(33(3,30)31)23-11-13-24(14-12-23)32-17-25(29)26-22-6-4-5-21(15-22)19(2)28/h4-15H,16-17H2,1-3H3,(H,26,29). The van der Waals surface area contributed by atoms with Gasteiger partial charge in [-0.05, 0) is 55.8 Å². The van der Waals surface area contributed by atoms with Gasteiger partial charge < -0.3 is 10.1 Å². The van der Waals surface area contributed by atoms with Crippen LogP contribution in [0.15, 0.2) is 72.8 Å². The SMILES string of the molecule is CC(=O)c1cccc(NC(=O)COc2ccc(N(Cc3ccc(C)cc3)S(C)(=O)=O)cc2)c1. The first-order valence-electron chi connectivity index (χ1n) is 10.3. The van der Waals surface area contributed by atoms with Crippen molar-refractivity contribution in [2.24, 2.45) is 0 Å². The number of rotatable bonds is 9. The van der Waals surface area contributed by atoms with E-state index in [0.29, 0.717) is 22.7 Å². The van der Waals surface area contributed by atoms with Crippen LogP contribution in [0.5, 0.6) is 5.75 Å². The summed E-state index contributed by atoms with van der Waals surface area (Å²) < 4.78 is 31.6. The molecule has 33 heavy (non-hydrogen) atoms. The van der Waals surface area contributed by atoms with Crippen LogP contribution in [-0.2, 0) is 21.4 Å². The van der Waals surface area contributed by atoms with E-state index >= 15 is 0 Å². The third-order valence-electron chi connectivity index (χ3n) is 4.89. The van der Waals surface area contributed by atoms with Crippen molar-refractivity contribution in [2.75, 3.05) is 22.5 Å². The number of sulfonamides is 1. The van der Waals surface area contributed by atoms with Gasteiger partial charge in [-0.15, -0.1) is 0 Å². The molecule has 0 aromatic heterocycles. The highest BCUT2D eigenvalue weighted by Gasteiger charge is 2.18. The lowest BCUT2D eigenvalue weighted by Gasteiger charge is -2.23. The van der Waals surface area contributed by atoms with Gasteiger partial charge in [-0.3, -0.25) is 13.9 Å². The minimum Gasteiger partial charge on any atom is -0.484 e. The van der Waals surface area contributed by atoms with Crippen molar-refractivity contribution in [3.05, 3.63) is 89.5 Å². The summed E-state index contributed by atoms with van der Waals surface area (Å²) in [5, 5.41) is 2.68. The zero-order valence-corrected chi connectivity index (χ0v) is 19.6. The number of aryl methyl sites for hydroxylation is 1. The Labute approximate surface area is 194 Å². The Kier molecular flexibility index (Phi) is 7.50. The van der Waals surface area contributed by atoms with Crippen LogP contribution < -0.4 is 14.4 Å². The number of amides is 1. The van der Waals surface area contributed by atoms with E-state index in [1.54, 1.807) is 48.5 Å². The molecule has 1 N–H and O–H groups in total. The molecule has 3 rings (SSSR count). The largest absolute Gasteiger partial charge is 0.484 e. The second-order valence-corrected chi connectivity index (χ2v) is 9.63. The van der Waals surface area contributed by atoms with Gasteiger partial charge in [0.1, 0.15) is 5.75 Å². The minimum atomic E-state index is -3.50. The minimum absolute atomic E-state index is 0.0899. The van der Waals surface area contributed by atoms with E-state index < -0.39 is 10.0 Å². The number of carbonyl (C=O) groups is 2. The highest BCUT2D eigenvalue weighted by molar-refractivity contribution is 7.92. The van der Waals surface area contributed by atoms with E-state index in [9.17, 15) is 18.0 Å². The Hall–Kier alpha value is -3.65. The van der Waals surface area contributed by atoms with Crippen LogP contribution in [0.1, 0.15) is 28.4 Å². The topological polar surface area (TPSA) is 92.8 Å². The first-order chi connectivity index (χ1) is 15.6. The van der Waals surface area contributed by atoms with Crippen LogP contribution in [0, 0.1) is 6.92 Å². The highest BCUT2D eigenvalue weighted by atomic mass is 32.2. The predicted molar refractivity (Wildman–Crippen MR) is 129 cm³/mol. The number of carbonyl (C=O) groups excluding carboxylic acids is 2. The van der Waals surface area contributed by atoms with Crippen LogP contribution in [0.4, 0.5) is 11.4 Å². The average Bonchev–Trinajstić information content (AvgIpc) is 2.77. The molecule has 172 valence electrons. The molecule has 0 atom stereocenters. The van der Waals surface area contributed by atoms with Gasteiger partial charge in [0.05, 0.1) is 18.5 Å². The summed E-state index contributed by atoms with van der Waals surface area (Å²) in [5.41, 5.74) is 3.48. The summed E-state index contributed by atoms with van der Waals surface area (Å²) in [6.45, 7) is 3.41. The van der Waals surface area contributed by atoms with Gasteiger partial charge in [-0.2, -0.15) is 0 Å². The van der Waals surface area contributed by atoms with E-state index in [1.807, 2.05) is 31.2 Å². The van der Waals surface area contributed by atoms with Gasteiger partial charge in [0.25, 0.3) is 5.91 Å². The monoisotopic (exact) mass is 466 g/mol. The lowest BCUT2D eigenvalue weighted by molar-refractivity contribution is -0.118. The number of Topliss-reactive ketones (excluding diaryl/α,β-unsaturated/α-hetero) is 1. The normalized spacial score (nSPS) is 11.0. The van der Waals surface area contributed by atoms with E-state index in [1.165, 1.54) is 11.2 Å². The van der Waals surface area contributed by atoms with Crippen molar-refractivity contribution >= 4 is 33.1 Å². The van der Waals surface area contributed by atoms with Gasteiger partial charge in [-0.25, -0.2) is 8.42 Å². The fourth-order valence-corrected chi connectivity index (χ4v) is 4.02. The quantitative estimate of drug-likeness (QED) is 0.478. The Morgan fingerprint density at radius 3 is 2.24 bits per heavy atom. The average molecular weight is 467 g/mol. The maximum absolute atomic E-state index is 12.4. The molecule has 0 saturated carbocycles. The second-order valence-electron chi connectivity index (χ2n) is 7.72. The van der Waals surface area contributed by atoms with Crippen LogP contribution in [0.2, 0.25) is 0 Å². The van der Waals surface area contributed by atoms with Crippen molar-refractivity contribution < 1.29 is 22.7 Å². The number of ether oxygens (including phenoxy) is 1. The van der Waals surface area contributed by atoms with Gasteiger partial charge in [-0.1, -0.05) is 42.0 Å². The molecule has 0 radical (unpaired) electrons. The van der Waals surface area contributed by atoms with E-state index in [0.717, 1.165) is 17.4 Å². The molecular formula is C25H26N2O5S. The van der Waals surface area contributed by atoms with E-state index in [2.05, 4.69) is 5.32 Å². The first kappa shape index (κ1) is 24.0. The van der Waals surface area contributed by atoms with Crippen molar-refractivity contribution in [2.45, 2.75) is 20.4 Å². The molecule has 0 aliphatic carbocycles. The summed E-state index contributed by atoms with van der Waals surface area (Å²) in [5.74, 6) is -0.0416. The number of hydrogen-bond donors (Lipinski definition) is 1. The first-order valence-corrected chi connectivity index (χ1v) is 12.1. The molecule has 0 fully saturated rings. The third-order valence-corrected chi connectivity index (χ3v) is 6.04. The summed E-state index contributed by atoms with van der Waals surface area (Å²) in [6.07, 6.45) is 1.16. The number of nitrogens with zero attached hydrogens (tertiary/aromatic N) is 1. The van der Waals surface area contributed by atoms with Gasteiger partial charge >= 0.3 is 0 Å². The molecule has 0 aliphatic heterocycles. The summed E-state index contributed by atoms with van der Waals surface area (Å²) in [6, 6.07) is 20.8. The van der Waals surface area contributed by atoms with Crippen molar-refractivity contribution in [3.8, 4) is 5.75 Å². The molecule has 0 spiro atoms. The van der Waals surface area contributed by atoms with Crippen LogP contribution >= 0.6 is 0 Å². The summed E-state index contributed by atoms with van der Waals surface area (Å²) in [7, 11) is -3.50. The third kappa shape index (κ3) is 6.92. The number of anilines is 2. The smallest absolute Gasteiger partial charge is 0.262 e. The lowest BCUT2D eigenvalue weighted by atomic mass is 10.1. The molecule has 7 nitrogen and oxygen atoms in total. The van der Waals surface area contributed by atoms with E-state index in [4.69, 9.17) is 4.74 Å².